The summed E-state index contributed by atoms with van der Waals surface area (Å²) in [5.41, 5.74) is 8.67. The maximum atomic E-state index is 12.9. The summed E-state index contributed by atoms with van der Waals surface area (Å²) >= 11 is 0. The van der Waals surface area contributed by atoms with Gasteiger partial charge in [-0.15, -0.1) is 0 Å². The minimum absolute atomic E-state index is 0.0225. The number of carbonyl (C=O) groups excluding carboxylic acids is 2. The number of amides is 2. The van der Waals surface area contributed by atoms with Crippen LogP contribution in [0.1, 0.15) is 64.4 Å². The van der Waals surface area contributed by atoms with Gasteiger partial charge in [0.2, 0.25) is 5.91 Å². The fourth-order valence-electron chi connectivity index (χ4n) is 5.43. The number of nitrogens with zero attached hydrogens (tertiary/aromatic N) is 2. The molecule has 2 aromatic rings. The van der Waals surface area contributed by atoms with Crippen LogP contribution in [0, 0.1) is 5.92 Å². The predicted molar refractivity (Wildman–Crippen MR) is 129 cm³/mol. The number of nitrogens with two attached hydrogens (primary N) is 1. The number of fused-ring (bicyclic) bond motifs is 1. The number of benzene rings is 2. The van der Waals surface area contributed by atoms with Gasteiger partial charge in [-0.05, 0) is 86.4 Å². The normalized spacial score (nSPS) is 18.8. The first-order chi connectivity index (χ1) is 16.0. The van der Waals surface area contributed by atoms with E-state index in [9.17, 15) is 14.7 Å². The molecule has 6 nitrogen and oxygen atoms in total. The lowest BCUT2D eigenvalue weighted by atomic mass is 9.86. The molecule has 33 heavy (non-hydrogen) atoms. The van der Waals surface area contributed by atoms with Gasteiger partial charge in [-0.1, -0.05) is 25.1 Å². The summed E-state index contributed by atoms with van der Waals surface area (Å²) in [6.07, 6.45) is 6.12. The molecule has 0 unspecified atom stereocenters. The third-order valence-electron chi connectivity index (χ3n) is 7.25. The second-order valence-electron chi connectivity index (χ2n) is 9.49. The largest absolute Gasteiger partial charge is 0.508 e. The van der Waals surface area contributed by atoms with Gasteiger partial charge in [0.25, 0.3) is 5.91 Å². The quantitative estimate of drug-likeness (QED) is 0.676. The van der Waals surface area contributed by atoms with E-state index >= 15 is 0 Å². The molecule has 1 fully saturated rings. The number of phenolic OH excluding ortho intramolecular Hbond substituents is 1. The molecule has 6 heteroatoms. The van der Waals surface area contributed by atoms with E-state index in [1.165, 1.54) is 5.56 Å². The molecule has 0 aromatic heterocycles. The SMILES string of the molecule is CCCN(CC1CCN(C(=O)c2cccc(C(N)=O)c2)CC1)[C@H]1CCc2c(O)cccc2C1. The first-order valence-electron chi connectivity index (χ1n) is 12.2. The van der Waals surface area contributed by atoms with Crippen LogP contribution in [0.25, 0.3) is 0 Å². The van der Waals surface area contributed by atoms with Crippen molar-refractivity contribution >= 4 is 11.8 Å². The number of primary amides is 1. The summed E-state index contributed by atoms with van der Waals surface area (Å²) in [4.78, 5) is 28.9. The fraction of sp³-hybridized carbons (Fsp3) is 0.481. The molecule has 0 saturated carbocycles. The van der Waals surface area contributed by atoms with Crippen LogP contribution in [0.4, 0.5) is 0 Å². The second kappa shape index (κ2) is 10.4. The number of phenols is 1. The second-order valence-corrected chi connectivity index (χ2v) is 9.49. The molecule has 1 heterocycles. The molecule has 0 spiro atoms. The Morgan fingerprint density at radius 2 is 1.82 bits per heavy atom. The van der Waals surface area contributed by atoms with Crippen LogP contribution in [0.5, 0.6) is 5.75 Å². The van der Waals surface area contributed by atoms with E-state index in [2.05, 4.69) is 17.9 Å². The minimum Gasteiger partial charge on any atom is -0.508 e. The highest BCUT2D eigenvalue weighted by Gasteiger charge is 2.29. The van der Waals surface area contributed by atoms with Crippen molar-refractivity contribution in [3.05, 3.63) is 64.7 Å². The van der Waals surface area contributed by atoms with Crippen LogP contribution in [-0.4, -0.2) is 58.9 Å². The third kappa shape index (κ3) is 5.38. The van der Waals surface area contributed by atoms with E-state index in [0.29, 0.717) is 28.8 Å². The lowest BCUT2D eigenvalue weighted by Crippen LogP contribution is -2.46. The first-order valence-corrected chi connectivity index (χ1v) is 12.2. The van der Waals surface area contributed by atoms with Crippen LogP contribution in [0.15, 0.2) is 42.5 Å². The van der Waals surface area contributed by atoms with Crippen molar-refractivity contribution in [3.63, 3.8) is 0 Å². The standard InChI is InChI=1S/C27H35N3O3/c1-2-13-30(23-9-10-24-20(17-23)5-4-8-25(24)31)18-19-11-14-29(15-12-19)27(33)22-7-3-6-21(16-22)26(28)32/h3-8,16,19,23,31H,2,9-15,17-18H2,1H3,(H2,28,32)/t23-/m0/s1. The number of carbonyl (C=O) groups is 2. The van der Waals surface area contributed by atoms with Crippen LogP contribution >= 0.6 is 0 Å². The Kier molecular flexibility index (Phi) is 7.33. The Morgan fingerprint density at radius 1 is 1.09 bits per heavy atom. The molecule has 0 bridgehead atoms. The zero-order valence-electron chi connectivity index (χ0n) is 19.5. The molecular formula is C27H35N3O3. The molecule has 2 aromatic carbocycles. The molecule has 1 aliphatic heterocycles. The van der Waals surface area contributed by atoms with Gasteiger partial charge in [0.05, 0.1) is 0 Å². The third-order valence-corrected chi connectivity index (χ3v) is 7.25. The highest BCUT2D eigenvalue weighted by atomic mass is 16.3. The van der Waals surface area contributed by atoms with Crippen molar-refractivity contribution in [2.45, 2.75) is 51.5 Å². The van der Waals surface area contributed by atoms with Gasteiger partial charge in [-0.25, -0.2) is 0 Å². The van der Waals surface area contributed by atoms with Gasteiger partial charge in [0, 0.05) is 36.8 Å². The maximum Gasteiger partial charge on any atom is 0.253 e. The molecule has 2 aliphatic rings. The Labute approximate surface area is 196 Å². The molecule has 1 aliphatic carbocycles. The van der Waals surface area contributed by atoms with Gasteiger partial charge < -0.3 is 15.7 Å². The molecular weight excluding hydrogens is 414 g/mol. The molecule has 1 atom stereocenters. The van der Waals surface area contributed by atoms with E-state index in [0.717, 1.165) is 70.3 Å². The first kappa shape index (κ1) is 23.3. The van der Waals surface area contributed by atoms with Gasteiger partial charge in [-0.3, -0.25) is 14.5 Å². The summed E-state index contributed by atoms with van der Waals surface area (Å²) in [6.45, 7) is 5.86. The van der Waals surface area contributed by atoms with Gasteiger partial charge in [0.1, 0.15) is 5.75 Å². The lowest BCUT2D eigenvalue weighted by molar-refractivity contribution is 0.0642. The van der Waals surface area contributed by atoms with Crippen molar-refractivity contribution in [2.75, 3.05) is 26.2 Å². The number of hydrogen-bond acceptors (Lipinski definition) is 4. The average molecular weight is 450 g/mol. The van der Waals surface area contributed by atoms with Crippen molar-refractivity contribution in [2.24, 2.45) is 11.7 Å². The maximum absolute atomic E-state index is 12.9. The summed E-state index contributed by atoms with van der Waals surface area (Å²) < 4.78 is 0. The summed E-state index contributed by atoms with van der Waals surface area (Å²) in [7, 11) is 0. The highest BCUT2D eigenvalue weighted by Crippen LogP contribution is 2.32. The smallest absolute Gasteiger partial charge is 0.253 e. The fourth-order valence-corrected chi connectivity index (χ4v) is 5.43. The highest BCUT2D eigenvalue weighted by molar-refractivity contribution is 5.99. The van der Waals surface area contributed by atoms with E-state index in [4.69, 9.17) is 5.73 Å². The van der Waals surface area contributed by atoms with E-state index in [-0.39, 0.29) is 5.91 Å². The number of rotatable bonds is 7. The van der Waals surface area contributed by atoms with Crippen LogP contribution in [0.3, 0.4) is 0 Å². The summed E-state index contributed by atoms with van der Waals surface area (Å²) in [5, 5.41) is 10.2. The van der Waals surface area contributed by atoms with Gasteiger partial charge in [-0.2, -0.15) is 0 Å². The van der Waals surface area contributed by atoms with Gasteiger partial charge in [0.15, 0.2) is 0 Å². The lowest BCUT2D eigenvalue weighted by Gasteiger charge is -2.39. The molecule has 1 saturated heterocycles. The summed E-state index contributed by atoms with van der Waals surface area (Å²) in [6, 6.07) is 13.1. The van der Waals surface area contributed by atoms with Crippen LogP contribution < -0.4 is 5.73 Å². The Hall–Kier alpha value is -2.86. The van der Waals surface area contributed by atoms with Crippen molar-refractivity contribution in [1.29, 1.82) is 0 Å². The number of likely N-dealkylation sites (tertiary alicyclic amines) is 1. The van der Waals surface area contributed by atoms with Crippen molar-refractivity contribution in [1.82, 2.24) is 9.80 Å². The zero-order chi connectivity index (χ0) is 23.4. The number of piperidine rings is 1. The molecule has 0 radical (unpaired) electrons. The molecule has 2 amide bonds. The Bertz CT molecular complexity index is 998. The van der Waals surface area contributed by atoms with E-state index < -0.39 is 5.91 Å². The zero-order valence-corrected chi connectivity index (χ0v) is 19.5. The molecule has 176 valence electrons. The molecule has 3 N–H and O–H groups in total. The Morgan fingerprint density at radius 3 is 2.55 bits per heavy atom. The summed E-state index contributed by atoms with van der Waals surface area (Å²) in [5.74, 6) is 0.472. The topological polar surface area (TPSA) is 86.9 Å². The minimum atomic E-state index is -0.514. The van der Waals surface area contributed by atoms with Gasteiger partial charge >= 0.3 is 0 Å². The van der Waals surface area contributed by atoms with E-state index in [1.54, 1.807) is 30.3 Å². The average Bonchev–Trinajstić information content (AvgIpc) is 2.84. The number of hydrogen-bond donors (Lipinski definition) is 2. The monoisotopic (exact) mass is 449 g/mol. The number of aromatic hydroxyl groups is 1. The van der Waals surface area contributed by atoms with Crippen molar-refractivity contribution < 1.29 is 14.7 Å². The van der Waals surface area contributed by atoms with Crippen LogP contribution in [0.2, 0.25) is 0 Å². The van der Waals surface area contributed by atoms with Crippen molar-refractivity contribution in [3.8, 4) is 5.75 Å². The Balaban J connectivity index is 1.34. The van der Waals surface area contributed by atoms with E-state index in [1.807, 2.05) is 11.0 Å². The predicted octanol–water partition coefficient (Wildman–Crippen LogP) is 3.61. The van der Waals surface area contributed by atoms with Crippen LogP contribution in [-0.2, 0) is 12.8 Å². The molecule has 4 rings (SSSR count).